The molecule has 0 bridgehead atoms. The van der Waals surface area contributed by atoms with Crippen LogP contribution in [0.1, 0.15) is 29.7 Å². The van der Waals surface area contributed by atoms with E-state index < -0.39 is 5.97 Å². The quantitative estimate of drug-likeness (QED) is 0.588. The van der Waals surface area contributed by atoms with Gasteiger partial charge in [-0.2, -0.15) is 0 Å². The highest BCUT2D eigenvalue weighted by molar-refractivity contribution is 6.31. The second-order valence-corrected chi connectivity index (χ2v) is 5.47. The Kier molecular flexibility index (Phi) is 3.92. The van der Waals surface area contributed by atoms with Crippen LogP contribution < -0.4 is 4.74 Å². The number of rotatable bonds is 4. The number of aryl methyl sites for hydroxylation is 1. The fourth-order valence-corrected chi connectivity index (χ4v) is 2.46. The van der Waals surface area contributed by atoms with Crippen LogP contribution in [0.25, 0.3) is 10.9 Å². The Morgan fingerprint density at radius 2 is 2.17 bits per heavy atom. The number of benzene rings is 1. The maximum Gasteiger partial charge on any atom is 0.310 e. The van der Waals surface area contributed by atoms with E-state index in [1.54, 1.807) is 42.9 Å². The minimum atomic E-state index is -0.431. The lowest BCUT2D eigenvalue weighted by Gasteiger charge is -2.05. The monoisotopic (exact) mass is 331 g/mol. The first-order valence-corrected chi connectivity index (χ1v) is 7.43. The Balaban J connectivity index is 2.19. The maximum absolute atomic E-state index is 12.7. The topological polar surface area (TPSA) is 77.0 Å². The van der Waals surface area contributed by atoms with Crippen molar-refractivity contribution in [3.8, 4) is 5.75 Å². The lowest BCUT2D eigenvalue weighted by atomic mass is 10.2. The highest BCUT2D eigenvalue weighted by Crippen LogP contribution is 2.33. The van der Waals surface area contributed by atoms with Gasteiger partial charge in [0.1, 0.15) is 5.69 Å². The van der Waals surface area contributed by atoms with E-state index in [2.05, 4.69) is 9.97 Å². The van der Waals surface area contributed by atoms with Crippen LogP contribution in [0.3, 0.4) is 0 Å². The predicted molar refractivity (Wildman–Crippen MR) is 85.9 cm³/mol. The summed E-state index contributed by atoms with van der Waals surface area (Å²) in [7, 11) is 1.72. The van der Waals surface area contributed by atoms with Gasteiger partial charge in [0.05, 0.1) is 0 Å². The molecule has 6 nitrogen and oxygen atoms in total. The highest BCUT2D eigenvalue weighted by atomic mass is 35.5. The molecule has 1 N–H and O–H groups in total. The standard InChI is InChI=1S/C16H14ClN3O3/c1-3-12(21)23-15-10-8-9(17)4-5-11(10)19-13(15)14(22)16-18-6-7-20(16)2/h4-8,19H,3H2,1-2H3. The van der Waals surface area contributed by atoms with Crippen molar-refractivity contribution in [1.82, 2.24) is 14.5 Å². The van der Waals surface area contributed by atoms with Gasteiger partial charge in [0.2, 0.25) is 5.78 Å². The van der Waals surface area contributed by atoms with Gasteiger partial charge in [0, 0.05) is 41.8 Å². The van der Waals surface area contributed by atoms with Crippen molar-refractivity contribution in [3.63, 3.8) is 0 Å². The Labute approximate surface area is 137 Å². The Morgan fingerprint density at radius 1 is 1.39 bits per heavy atom. The number of aromatic amines is 1. The van der Waals surface area contributed by atoms with E-state index in [-0.39, 0.29) is 29.5 Å². The second-order valence-electron chi connectivity index (χ2n) is 5.04. The number of esters is 1. The molecule has 7 heteroatoms. The largest absolute Gasteiger partial charge is 0.423 e. The fraction of sp³-hybridized carbons (Fsp3) is 0.188. The molecule has 118 valence electrons. The summed E-state index contributed by atoms with van der Waals surface area (Å²) in [5.41, 5.74) is 0.837. The highest BCUT2D eigenvalue weighted by Gasteiger charge is 2.24. The van der Waals surface area contributed by atoms with Gasteiger partial charge in [-0.1, -0.05) is 18.5 Å². The third-order valence-corrected chi connectivity index (χ3v) is 3.70. The van der Waals surface area contributed by atoms with Gasteiger partial charge in [-0.25, -0.2) is 4.98 Å². The first-order valence-electron chi connectivity index (χ1n) is 7.05. The summed E-state index contributed by atoms with van der Waals surface area (Å²) in [5.74, 6) is -0.359. The van der Waals surface area contributed by atoms with Gasteiger partial charge in [-0.3, -0.25) is 9.59 Å². The van der Waals surface area contributed by atoms with Gasteiger partial charge in [-0.05, 0) is 18.2 Å². The van der Waals surface area contributed by atoms with Gasteiger partial charge in [0.25, 0.3) is 0 Å². The van der Waals surface area contributed by atoms with Crippen molar-refractivity contribution in [1.29, 1.82) is 0 Å². The predicted octanol–water partition coefficient (Wildman–Crippen LogP) is 3.10. The van der Waals surface area contributed by atoms with Crippen LogP contribution in [0.5, 0.6) is 5.75 Å². The van der Waals surface area contributed by atoms with Crippen molar-refractivity contribution in [2.24, 2.45) is 7.05 Å². The molecular weight excluding hydrogens is 318 g/mol. The minimum Gasteiger partial charge on any atom is -0.423 e. The van der Waals surface area contributed by atoms with Crippen molar-refractivity contribution in [3.05, 3.63) is 47.1 Å². The number of ether oxygens (including phenoxy) is 1. The Hall–Kier alpha value is -2.60. The van der Waals surface area contributed by atoms with Gasteiger partial charge in [-0.15, -0.1) is 0 Å². The van der Waals surface area contributed by atoms with E-state index in [4.69, 9.17) is 16.3 Å². The number of nitrogens with zero attached hydrogens (tertiary/aromatic N) is 2. The molecule has 2 heterocycles. The molecule has 0 amide bonds. The van der Waals surface area contributed by atoms with Crippen LogP contribution in [-0.2, 0) is 11.8 Å². The molecule has 2 aromatic heterocycles. The molecule has 0 saturated heterocycles. The lowest BCUT2D eigenvalue weighted by Crippen LogP contribution is -2.13. The number of fused-ring (bicyclic) bond motifs is 1. The van der Waals surface area contributed by atoms with E-state index in [0.29, 0.717) is 15.9 Å². The molecule has 3 aromatic rings. The second kappa shape index (κ2) is 5.89. The maximum atomic E-state index is 12.7. The number of carbonyl (C=O) groups is 2. The van der Waals surface area contributed by atoms with Crippen LogP contribution in [0.2, 0.25) is 5.02 Å². The van der Waals surface area contributed by atoms with Crippen LogP contribution >= 0.6 is 11.6 Å². The first kappa shape index (κ1) is 15.3. The number of carbonyl (C=O) groups excluding carboxylic acids is 2. The third kappa shape index (κ3) is 2.73. The van der Waals surface area contributed by atoms with E-state index >= 15 is 0 Å². The molecular formula is C16H14ClN3O3. The fourth-order valence-electron chi connectivity index (χ4n) is 2.29. The van der Waals surface area contributed by atoms with Crippen molar-refractivity contribution in [2.45, 2.75) is 13.3 Å². The number of imidazole rings is 1. The summed E-state index contributed by atoms with van der Waals surface area (Å²) < 4.78 is 6.98. The number of halogens is 1. The molecule has 0 spiro atoms. The van der Waals surface area contributed by atoms with Crippen molar-refractivity contribution < 1.29 is 14.3 Å². The molecule has 0 fully saturated rings. The van der Waals surface area contributed by atoms with Gasteiger partial charge >= 0.3 is 5.97 Å². The molecule has 0 atom stereocenters. The molecule has 1 aromatic carbocycles. The van der Waals surface area contributed by atoms with Crippen LogP contribution in [-0.4, -0.2) is 26.3 Å². The van der Waals surface area contributed by atoms with Gasteiger partial charge in [0.15, 0.2) is 11.6 Å². The summed E-state index contributed by atoms with van der Waals surface area (Å²) in [5, 5.41) is 1.07. The Bertz CT molecular complexity index is 911. The zero-order valence-corrected chi connectivity index (χ0v) is 13.3. The van der Waals surface area contributed by atoms with Gasteiger partial charge < -0.3 is 14.3 Å². The average Bonchev–Trinajstić information content (AvgIpc) is 3.11. The van der Waals surface area contributed by atoms with E-state index in [1.165, 1.54) is 6.20 Å². The van der Waals surface area contributed by atoms with Crippen LogP contribution in [0, 0.1) is 0 Å². The molecule has 0 aliphatic heterocycles. The summed E-state index contributed by atoms with van der Waals surface area (Å²) in [6.45, 7) is 1.68. The minimum absolute atomic E-state index is 0.179. The lowest BCUT2D eigenvalue weighted by molar-refractivity contribution is -0.133. The van der Waals surface area contributed by atoms with E-state index in [0.717, 1.165) is 0 Å². The molecule has 0 aliphatic carbocycles. The molecule has 3 rings (SSSR count). The SMILES string of the molecule is CCC(=O)Oc1c(C(=O)c2nccn2C)[nH]c2ccc(Cl)cc12. The first-order chi connectivity index (χ1) is 11.0. The number of H-pyrrole nitrogens is 1. The summed E-state index contributed by atoms with van der Waals surface area (Å²) >= 11 is 6.02. The number of hydrogen-bond donors (Lipinski definition) is 1. The zero-order chi connectivity index (χ0) is 16.6. The molecule has 23 heavy (non-hydrogen) atoms. The van der Waals surface area contributed by atoms with E-state index in [9.17, 15) is 9.59 Å². The van der Waals surface area contributed by atoms with Crippen molar-refractivity contribution in [2.75, 3.05) is 0 Å². The molecule has 0 saturated carbocycles. The smallest absolute Gasteiger partial charge is 0.310 e. The average molecular weight is 332 g/mol. The summed E-state index contributed by atoms with van der Waals surface area (Å²) in [6.07, 6.45) is 3.40. The normalized spacial score (nSPS) is 10.9. The Morgan fingerprint density at radius 3 is 2.83 bits per heavy atom. The van der Waals surface area contributed by atoms with Crippen LogP contribution in [0.15, 0.2) is 30.6 Å². The molecule has 0 aliphatic rings. The van der Waals surface area contributed by atoms with Crippen molar-refractivity contribution >= 4 is 34.3 Å². The summed E-state index contributed by atoms with van der Waals surface area (Å²) in [4.78, 5) is 31.5. The number of hydrogen-bond acceptors (Lipinski definition) is 4. The zero-order valence-electron chi connectivity index (χ0n) is 12.6. The van der Waals surface area contributed by atoms with E-state index in [1.807, 2.05) is 0 Å². The van der Waals surface area contributed by atoms with Crippen LogP contribution in [0.4, 0.5) is 0 Å². The molecule has 0 radical (unpaired) electrons. The third-order valence-electron chi connectivity index (χ3n) is 3.47. The number of nitrogens with one attached hydrogen (secondary N) is 1. The molecule has 0 unspecified atom stereocenters. The number of ketones is 1. The number of aromatic nitrogens is 3. The summed E-state index contributed by atoms with van der Waals surface area (Å²) in [6, 6.07) is 5.08.